The molecule has 46 heavy (non-hydrogen) atoms. The minimum absolute atomic E-state index is 0. The molecule has 0 saturated carbocycles. The van der Waals surface area contributed by atoms with Crippen LogP contribution >= 0.6 is 0 Å². The molecule has 1 radical (unpaired) electrons. The number of rotatable bonds is 4. The third-order valence-corrected chi connectivity index (χ3v) is 10.1. The Balaban J connectivity index is 0.000000187. The normalized spacial score (nSPS) is 11.2. The minimum Gasteiger partial charge on any atom is -0.501 e. The Hall–Kier alpha value is -4.67. The second-order valence-electron chi connectivity index (χ2n) is 12.1. The molecule has 5 heteroatoms. The van der Waals surface area contributed by atoms with E-state index in [2.05, 4.69) is 121 Å². The van der Waals surface area contributed by atoms with Crippen molar-refractivity contribution in [2.75, 3.05) is 0 Å². The van der Waals surface area contributed by atoms with Gasteiger partial charge in [-0.25, -0.2) is 0 Å². The van der Waals surface area contributed by atoms with Crippen LogP contribution in [0.5, 0.6) is 0 Å². The van der Waals surface area contributed by atoms with Crippen molar-refractivity contribution in [1.29, 1.82) is 0 Å². The number of pyridine rings is 2. The Bertz CT molecular complexity index is 2240. The first-order valence-corrected chi connectivity index (χ1v) is 18.7. The van der Waals surface area contributed by atoms with Crippen molar-refractivity contribution in [2.45, 2.75) is 19.6 Å². The molecule has 0 unspecified atom stereocenters. The molecule has 0 fully saturated rings. The van der Waals surface area contributed by atoms with Crippen molar-refractivity contribution in [3.63, 3.8) is 0 Å². The average Bonchev–Trinajstić information content (AvgIpc) is 3.47. The van der Waals surface area contributed by atoms with Crippen LogP contribution in [0.3, 0.4) is 0 Å². The summed E-state index contributed by atoms with van der Waals surface area (Å²) >= 11 is 0. The average molecular weight is 789 g/mol. The van der Waals surface area contributed by atoms with Gasteiger partial charge in [-0.15, -0.1) is 54.1 Å². The Kier molecular flexibility index (Phi) is 9.09. The summed E-state index contributed by atoms with van der Waals surface area (Å²) in [4.78, 5) is 9.19. The van der Waals surface area contributed by atoms with Crippen LogP contribution in [0.1, 0.15) is 0 Å². The van der Waals surface area contributed by atoms with Crippen LogP contribution in [0.4, 0.5) is 0 Å². The summed E-state index contributed by atoms with van der Waals surface area (Å²) in [5.74, 6) is 0. The number of furan rings is 1. The summed E-state index contributed by atoms with van der Waals surface area (Å²) in [6.07, 6.45) is 3.93. The Morgan fingerprint density at radius 1 is 0.587 bits per heavy atom. The molecule has 0 spiro atoms. The summed E-state index contributed by atoms with van der Waals surface area (Å²) in [6.45, 7) is 7.00. The van der Waals surface area contributed by atoms with Crippen LogP contribution in [-0.4, -0.2) is 18.0 Å². The van der Waals surface area contributed by atoms with Crippen LogP contribution in [0.2, 0.25) is 19.6 Å². The van der Waals surface area contributed by atoms with Crippen molar-refractivity contribution in [1.82, 2.24) is 9.97 Å². The molecule has 0 atom stereocenters. The molecular formula is C41H32IrN2OSi-2. The predicted octanol–water partition coefficient (Wildman–Crippen LogP) is 10.4. The van der Waals surface area contributed by atoms with Crippen LogP contribution in [-0.2, 0) is 20.1 Å². The molecule has 0 saturated heterocycles. The van der Waals surface area contributed by atoms with Gasteiger partial charge in [-0.3, -0.25) is 0 Å². The number of hydrogen-bond acceptors (Lipinski definition) is 3. The molecule has 5 aromatic carbocycles. The van der Waals surface area contributed by atoms with E-state index in [1.165, 1.54) is 10.8 Å². The quantitative estimate of drug-likeness (QED) is 0.132. The van der Waals surface area contributed by atoms with Gasteiger partial charge >= 0.3 is 0 Å². The van der Waals surface area contributed by atoms with E-state index in [-0.39, 0.29) is 20.1 Å². The van der Waals surface area contributed by atoms with Crippen molar-refractivity contribution in [3.8, 4) is 33.6 Å². The van der Waals surface area contributed by atoms with Crippen LogP contribution in [0.15, 0.2) is 144 Å². The maximum absolute atomic E-state index is 6.34. The van der Waals surface area contributed by atoms with E-state index in [4.69, 9.17) is 4.42 Å². The fourth-order valence-electron chi connectivity index (χ4n) is 5.51. The smallest absolute Gasteiger partial charge is 0.121 e. The zero-order chi connectivity index (χ0) is 30.8. The Morgan fingerprint density at radius 2 is 1.35 bits per heavy atom. The van der Waals surface area contributed by atoms with E-state index in [9.17, 15) is 0 Å². The first-order valence-electron chi connectivity index (χ1n) is 15.2. The largest absolute Gasteiger partial charge is 0.501 e. The monoisotopic (exact) mass is 789 g/mol. The van der Waals surface area contributed by atoms with E-state index in [0.717, 1.165) is 60.8 Å². The second kappa shape index (κ2) is 13.4. The van der Waals surface area contributed by atoms with E-state index in [1.807, 2.05) is 60.9 Å². The summed E-state index contributed by atoms with van der Waals surface area (Å²) in [5.41, 5.74) is 7.86. The van der Waals surface area contributed by atoms with Gasteiger partial charge < -0.3 is 14.4 Å². The molecule has 0 aliphatic carbocycles. The molecule has 0 N–H and O–H groups in total. The molecule has 3 aromatic heterocycles. The van der Waals surface area contributed by atoms with Gasteiger partial charge in [0, 0.05) is 37.9 Å². The van der Waals surface area contributed by atoms with Gasteiger partial charge in [0.15, 0.2) is 0 Å². The van der Waals surface area contributed by atoms with Crippen LogP contribution < -0.4 is 5.19 Å². The number of nitrogens with zero attached hydrogens (tertiary/aromatic N) is 2. The van der Waals surface area contributed by atoms with Gasteiger partial charge in [-0.1, -0.05) is 116 Å². The molecule has 3 heterocycles. The van der Waals surface area contributed by atoms with Crippen LogP contribution in [0, 0.1) is 12.1 Å². The molecule has 0 amide bonds. The molecule has 0 aliphatic rings. The molecule has 8 rings (SSSR count). The predicted molar refractivity (Wildman–Crippen MR) is 190 cm³/mol. The summed E-state index contributed by atoms with van der Waals surface area (Å²) in [7, 11) is -1.23. The first-order chi connectivity index (χ1) is 21.9. The topological polar surface area (TPSA) is 38.9 Å². The summed E-state index contributed by atoms with van der Waals surface area (Å²) in [5, 5.41) is 5.87. The fraction of sp³-hybridized carbons (Fsp3) is 0.0732. The van der Waals surface area contributed by atoms with Gasteiger partial charge in [0.1, 0.15) is 5.58 Å². The molecule has 0 aliphatic heterocycles. The SMILES string of the molecule is C[Si](C)(C)c1ccc(-c2[c-]cccc2)nc1.[Ir].[c-]1ccc2c(oc3cc(-c4ccccc4)ccc32)c1-c1cc2ccccc2cn1. The number of aromatic nitrogens is 2. The van der Waals surface area contributed by atoms with Gasteiger partial charge in [0.25, 0.3) is 0 Å². The van der Waals surface area contributed by atoms with Crippen molar-refractivity contribution in [3.05, 3.63) is 152 Å². The summed E-state index contributed by atoms with van der Waals surface area (Å²) in [6, 6.07) is 49.9. The Morgan fingerprint density at radius 3 is 2.09 bits per heavy atom. The first kappa shape index (κ1) is 31.3. The zero-order valence-electron chi connectivity index (χ0n) is 25.9. The fourth-order valence-corrected chi connectivity index (χ4v) is 6.55. The zero-order valence-corrected chi connectivity index (χ0v) is 29.3. The van der Waals surface area contributed by atoms with Crippen LogP contribution in [0.25, 0.3) is 66.4 Å². The van der Waals surface area contributed by atoms with Gasteiger partial charge in [-0.05, 0) is 44.5 Å². The molecule has 227 valence electrons. The standard InChI is InChI=1S/C27H16NO.C14H16NSi.Ir/c1-2-7-18(8-3-1)20-13-14-22-23-11-6-12-24(27(23)29-26(22)16-20)25-15-19-9-4-5-10-21(19)17-28-25;1-16(2,3)13-9-10-14(15-11-13)12-7-5-4-6-8-12;/h1-11,13-17H;4-7,9-11H,1-3H3;/q2*-1;. The van der Waals surface area contributed by atoms with Gasteiger partial charge in [0.05, 0.1) is 13.7 Å². The third kappa shape index (κ3) is 6.49. The number of benzene rings is 5. The second-order valence-corrected chi connectivity index (χ2v) is 17.2. The van der Waals surface area contributed by atoms with E-state index in [1.54, 1.807) is 0 Å². The summed E-state index contributed by atoms with van der Waals surface area (Å²) < 4.78 is 6.34. The van der Waals surface area contributed by atoms with Crippen molar-refractivity contribution in [2.24, 2.45) is 0 Å². The van der Waals surface area contributed by atoms with E-state index in [0.29, 0.717) is 0 Å². The third-order valence-electron chi connectivity index (χ3n) is 8.04. The van der Waals surface area contributed by atoms with Crippen molar-refractivity contribution >= 4 is 46.0 Å². The van der Waals surface area contributed by atoms with E-state index >= 15 is 0 Å². The molecule has 0 bridgehead atoms. The van der Waals surface area contributed by atoms with E-state index < -0.39 is 8.07 Å². The van der Waals surface area contributed by atoms with Crippen molar-refractivity contribution < 1.29 is 24.5 Å². The minimum atomic E-state index is -1.23. The number of hydrogen-bond donors (Lipinski definition) is 0. The maximum atomic E-state index is 6.34. The maximum Gasteiger partial charge on any atom is 0.121 e. The number of fused-ring (bicyclic) bond motifs is 4. The van der Waals surface area contributed by atoms with Gasteiger partial charge in [-0.2, -0.15) is 0 Å². The Labute approximate surface area is 284 Å². The molecular weight excluding hydrogens is 757 g/mol. The molecule has 8 aromatic rings. The van der Waals surface area contributed by atoms with Gasteiger partial charge in [0.2, 0.25) is 0 Å². The molecule has 3 nitrogen and oxygen atoms in total.